The summed E-state index contributed by atoms with van der Waals surface area (Å²) < 4.78 is 7.00. The van der Waals surface area contributed by atoms with Gasteiger partial charge in [-0.25, -0.2) is 4.79 Å². The molecule has 1 unspecified atom stereocenters. The lowest BCUT2D eigenvalue weighted by atomic mass is 10.0. The van der Waals surface area contributed by atoms with E-state index in [-0.39, 0.29) is 16.7 Å². The third-order valence-corrected chi connectivity index (χ3v) is 3.04. The van der Waals surface area contributed by atoms with Gasteiger partial charge in [-0.1, -0.05) is 0 Å². The first-order valence-corrected chi connectivity index (χ1v) is 5.58. The molecule has 1 aromatic heterocycles. The minimum atomic E-state index is -1.03. The molecule has 0 spiro atoms. The molecule has 17 heavy (non-hydrogen) atoms. The molecule has 1 N–H and O–H groups in total. The molecule has 2 rings (SSSR count). The maximum absolute atomic E-state index is 11.6. The number of aromatic nitrogens is 1. The molecule has 1 saturated heterocycles. The fourth-order valence-corrected chi connectivity index (χ4v) is 2.10. The van der Waals surface area contributed by atoms with Gasteiger partial charge < -0.3 is 14.4 Å². The van der Waals surface area contributed by atoms with Crippen LogP contribution in [0.3, 0.4) is 0 Å². The quantitative estimate of drug-likeness (QED) is 0.855. The first-order valence-electron chi connectivity index (χ1n) is 5.58. The summed E-state index contributed by atoms with van der Waals surface area (Å²) in [6.07, 6.45) is 3.23. The minimum Gasteiger partial charge on any atom is -0.478 e. The van der Waals surface area contributed by atoms with Crippen LogP contribution in [0.2, 0.25) is 0 Å². The highest BCUT2D eigenvalue weighted by atomic mass is 16.5. The molecule has 5 heteroatoms. The summed E-state index contributed by atoms with van der Waals surface area (Å²) in [7, 11) is 0. The molecule has 2 heterocycles. The van der Waals surface area contributed by atoms with Crippen LogP contribution in [0.15, 0.2) is 23.1 Å². The second-order valence-corrected chi connectivity index (χ2v) is 4.59. The Hall–Kier alpha value is -1.62. The first-order chi connectivity index (χ1) is 8.00. The molecule has 1 atom stereocenters. The van der Waals surface area contributed by atoms with E-state index in [2.05, 4.69) is 0 Å². The Morgan fingerprint density at radius 2 is 2.35 bits per heavy atom. The molecule has 0 radical (unpaired) electrons. The number of ether oxygens (including phenoxy) is 1. The molecular formula is C12H15NO4. The lowest BCUT2D eigenvalue weighted by Gasteiger charge is -2.24. The van der Waals surface area contributed by atoms with Gasteiger partial charge in [0.15, 0.2) is 0 Å². The van der Waals surface area contributed by atoms with Crippen LogP contribution in [0.25, 0.3) is 0 Å². The normalized spacial score (nSPS) is 23.8. The van der Waals surface area contributed by atoms with Gasteiger partial charge in [-0.2, -0.15) is 0 Å². The van der Waals surface area contributed by atoms with Crippen molar-refractivity contribution in [2.24, 2.45) is 0 Å². The Morgan fingerprint density at radius 3 is 2.94 bits per heavy atom. The average Bonchev–Trinajstić information content (AvgIpc) is 2.68. The number of carboxylic acids is 1. The maximum atomic E-state index is 11.6. The van der Waals surface area contributed by atoms with Crippen molar-refractivity contribution in [3.8, 4) is 0 Å². The van der Waals surface area contributed by atoms with Crippen molar-refractivity contribution in [3.05, 3.63) is 34.2 Å². The zero-order valence-electron chi connectivity index (χ0n) is 9.68. The highest BCUT2D eigenvalue weighted by Crippen LogP contribution is 2.26. The van der Waals surface area contributed by atoms with E-state index in [0.29, 0.717) is 13.2 Å². The maximum Gasteiger partial charge on any atom is 0.337 e. The van der Waals surface area contributed by atoms with Crippen molar-refractivity contribution in [2.45, 2.75) is 31.9 Å². The molecule has 0 saturated carbocycles. The molecule has 0 bridgehead atoms. The largest absolute Gasteiger partial charge is 0.478 e. The zero-order valence-corrected chi connectivity index (χ0v) is 9.68. The third kappa shape index (κ3) is 2.55. The Labute approximate surface area is 98.6 Å². The zero-order chi connectivity index (χ0) is 12.5. The van der Waals surface area contributed by atoms with Gasteiger partial charge in [0.2, 0.25) is 0 Å². The molecule has 0 aliphatic carbocycles. The van der Waals surface area contributed by atoms with Gasteiger partial charge in [-0.3, -0.25) is 4.79 Å². The summed E-state index contributed by atoms with van der Waals surface area (Å²) in [5, 5.41) is 8.88. The molecule has 5 nitrogen and oxygen atoms in total. The van der Waals surface area contributed by atoms with Crippen LogP contribution in [-0.2, 0) is 11.3 Å². The van der Waals surface area contributed by atoms with Crippen molar-refractivity contribution < 1.29 is 14.6 Å². The van der Waals surface area contributed by atoms with E-state index in [0.717, 1.165) is 12.8 Å². The number of nitrogens with zero attached hydrogens (tertiary/aromatic N) is 1. The third-order valence-electron chi connectivity index (χ3n) is 3.04. The lowest BCUT2D eigenvalue weighted by molar-refractivity contribution is 0.00537. The number of carbonyl (C=O) groups is 1. The number of aromatic carboxylic acids is 1. The highest BCUT2D eigenvalue weighted by molar-refractivity contribution is 5.87. The topological polar surface area (TPSA) is 68.5 Å². The summed E-state index contributed by atoms with van der Waals surface area (Å²) in [6.45, 7) is 3.04. The minimum absolute atomic E-state index is 0.117. The molecule has 0 aromatic carbocycles. The second-order valence-electron chi connectivity index (χ2n) is 4.59. The van der Waals surface area contributed by atoms with Crippen molar-refractivity contribution in [3.63, 3.8) is 0 Å². The van der Waals surface area contributed by atoms with E-state index in [1.165, 1.54) is 22.9 Å². The van der Waals surface area contributed by atoms with E-state index in [4.69, 9.17) is 9.84 Å². The number of pyridine rings is 1. The number of hydrogen-bond acceptors (Lipinski definition) is 3. The van der Waals surface area contributed by atoms with Gasteiger partial charge in [0.1, 0.15) is 0 Å². The highest BCUT2D eigenvalue weighted by Gasteiger charge is 2.30. The molecule has 1 fully saturated rings. The standard InChI is InChI=1S/C12H15NO4/c1-12(5-2-6-17-12)8-13-7-9(11(15)16)3-4-10(13)14/h3-4,7H,2,5-6,8H2,1H3,(H,15,16). The van der Waals surface area contributed by atoms with E-state index in [9.17, 15) is 9.59 Å². The van der Waals surface area contributed by atoms with Crippen LogP contribution < -0.4 is 5.56 Å². The predicted molar refractivity (Wildman–Crippen MR) is 61.3 cm³/mol. The Bertz CT molecular complexity index is 486. The van der Waals surface area contributed by atoms with Crippen LogP contribution in [0, 0.1) is 0 Å². The molecule has 0 amide bonds. The van der Waals surface area contributed by atoms with Crippen molar-refractivity contribution >= 4 is 5.97 Å². The van der Waals surface area contributed by atoms with E-state index < -0.39 is 5.97 Å². The van der Waals surface area contributed by atoms with Crippen LogP contribution in [-0.4, -0.2) is 27.9 Å². The summed E-state index contributed by atoms with van der Waals surface area (Å²) in [5.41, 5.74) is -0.445. The average molecular weight is 237 g/mol. The fraction of sp³-hybridized carbons (Fsp3) is 0.500. The summed E-state index contributed by atoms with van der Waals surface area (Å²) in [4.78, 5) is 22.5. The summed E-state index contributed by atoms with van der Waals surface area (Å²) in [6, 6.07) is 2.60. The van der Waals surface area contributed by atoms with Crippen LogP contribution in [0.4, 0.5) is 0 Å². The number of hydrogen-bond donors (Lipinski definition) is 1. The fourth-order valence-electron chi connectivity index (χ4n) is 2.10. The van der Waals surface area contributed by atoms with Gasteiger partial charge in [-0.15, -0.1) is 0 Å². The molecule has 1 aliphatic rings. The monoisotopic (exact) mass is 237 g/mol. The van der Waals surface area contributed by atoms with Gasteiger partial charge in [0.25, 0.3) is 5.56 Å². The van der Waals surface area contributed by atoms with Crippen molar-refractivity contribution in [1.29, 1.82) is 0 Å². The van der Waals surface area contributed by atoms with Crippen molar-refractivity contribution in [2.75, 3.05) is 6.61 Å². The molecule has 1 aliphatic heterocycles. The summed E-state index contributed by atoms with van der Waals surface area (Å²) in [5.74, 6) is -1.03. The van der Waals surface area contributed by atoms with E-state index >= 15 is 0 Å². The Kier molecular flexibility index (Phi) is 3.02. The van der Waals surface area contributed by atoms with E-state index in [1.54, 1.807) is 0 Å². The van der Waals surface area contributed by atoms with Gasteiger partial charge in [-0.05, 0) is 25.8 Å². The van der Waals surface area contributed by atoms with Gasteiger partial charge in [0.05, 0.1) is 17.7 Å². The van der Waals surface area contributed by atoms with Crippen LogP contribution in [0.1, 0.15) is 30.1 Å². The van der Waals surface area contributed by atoms with Crippen LogP contribution >= 0.6 is 0 Å². The Morgan fingerprint density at radius 1 is 1.59 bits per heavy atom. The number of rotatable bonds is 3. The Balaban J connectivity index is 2.28. The first kappa shape index (κ1) is 11.9. The molecule has 1 aromatic rings. The van der Waals surface area contributed by atoms with Crippen molar-refractivity contribution in [1.82, 2.24) is 4.57 Å². The van der Waals surface area contributed by atoms with Gasteiger partial charge in [0, 0.05) is 18.9 Å². The van der Waals surface area contributed by atoms with E-state index in [1.807, 2.05) is 6.92 Å². The molecule has 92 valence electrons. The smallest absolute Gasteiger partial charge is 0.337 e. The number of carboxylic acid groups (broad SMARTS) is 1. The SMILES string of the molecule is CC1(Cn2cc(C(=O)O)ccc2=O)CCCO1. The van der Waals surface area contributed by atoms with Gasteiger partial charge >= 0.3 is 5.97 Å². The lowest BCUT2D eigenvalue weighted by Crippen LogP contribution is -2.34. The van der Waals surface area contributed by atoms with Crippen LogP contribution in [0.5, 0.6) is 0 Å². The second kappa shape index (κ2) is 4.33. The molecular weight excluding hydrogens is 222 g/mol. The summed E-state index contributed by atoms with van der Waals surface area (Å²) >= 11 is 0. The predicted octanol–water partition coefficient (Wildman–Crippen LogP) is 1.12.